The topological polar surface area (TPSA) is 31.2 Å². The summed E-state index contributed by atoms with van der Waals surface area (Å²) >= 11 is 0. The van der Waals surface area contributed by atoms with E-state index in [-0.39, 0.29) is 6.09 Å². The zero-order chi connectivity index (χ0) is 14.4. The Morgan fingerprint density at radius 3 is 2.21 bits per heavy atom. The molecule has 3 nitrogen and oxygen atoms in total. The molecule has 2 rings (SSSR count). The number of benzene rings is 1. The van der Waals surface area contributed by atoms with Gasteiger partial charge in [-0.2, -0.15) is 0 Å². The Labute approximate surface area is 114 Å². The summed E-state index contributed by atoms with van der Waals surface area (Å²) in [6.07, 6.45) is 1.52. The van der Waals surface area contributed by atoms with Gasteiger partial charge >= 0.3 is 6.09 Å². The Kier molecular flexibility index (Phi) is 3.17. The van der Waals surface area contributed by atoms with Gasteiger partial charge in [0, 0.05) is 11.6 Å². The van der Waals surface area contributed by atoms with Gasteiger partial charge in [-0.1, -0.05) is 0 Å². The van der Waals surface area contributed by atoms with Crippen LogP contribution in [0.15, 0.2) is 18.3 Å². The Balaban J connectivity index is 2.56. The van der Waals surface area contributed by atoms with E-state index in [4.69, 9.17) is 4.74 Å². The third-order valence-electron chi connectivity index (χ3n) is 3.21. The Morgan fingerprint density at radius 1 is 1.05 bits per heavy atom. The van der Waals surface area contributed by atoms with Gasteiger partial charge in [0.05, 0.1) is 5.52 Å². The van der Waals surface area contributed by atoms with Gasteiger partial charge < -0.3 is 4.74 Å². The van der Waals surface area contributed by atoms with Gasteiger partial charge in [-0.3, -0.25) is 4.57 Å². The van der Waals surface area contributed by atoms with E-state index < -0.39 is 5.60 Å². The fraction of sp³-hybridized carbons (Fsp3) is 0.438. The van der Waals surface area contributed by atoms with E-state index >= 15 is 0 Å². The van der Waals surface area contributed by atoms with Gasteiger partial charge in [0.25, 0.3) is 0 Å². The number of rotatable bonds is 0. The van der Waals surface area contributed by atoms with Crippen LogP contribution in [0, 0.1) is 20.8 Å². The summed E-state index contributed by atoms with van der Waals surface area (Å²) < 4.78 is 7.04. The molecular weight excluding hydrogens is 238 g/mol. The van der Waals surface area contributed by atoms with Gasteiger partial charge in [0.15, 0.2) is 0 Å². The molecule has 1 aromatic carbocycles. The molecule has 0 aliphatic carbocycles. The number of aryl methyl sites for hydroxylation is 3. The van der Waals surface area contributed by atoms with Crippen LogP contribution in [0.5, 0.6) is 0 Å². The maximum Gasteiger partial charge on any atom is 0.419 e. The zero-order valence-electron chi connectivity index (χ0n) is 12.5. The zero-order valence-corrected chi connectivity index (χ0v) is 12.5. The van der Waals surface area contributed by atoms with Crippen LogP contribution in [0.3, 0.4) is 0 Å². The summed E-state index contributed by atoms with van der Waals surface area (Å²) in [4.78, 5) is 12.2. The monoisotopic (exact) mass is 259 g/mol. The quantitative estimate of drug-likeness (QED) is 0.704. The highest BCUT2D eigenvalue weighted by Crippen LogP contribution is 2.25. The number of nitrogens with zero attached hydrogens (tertiary/aromatic N) is 1. The Bertz CT molecular complexity index is 645. The van der Waals surface area contributed by atoms with E-state index in [1.54, 1.807) is 4.57 Å². The highest BCUT2D eigenvalue weighted by atomic mass is 16.6. The SMILES string of the molecule is Cc1cc2c(C)cn(C(=O)OC(C)(C)C)c2cc1C. The second-order valence-electron chi connectivity index (χ2n) is 6.12. The minimum atomic E-state index is -0.485. The van der Waals surface area contributed by atoms with Crippen molar-refractivity contribution in [1.82, 2.24) is 4.57 Å². The molecule has 3 heteroatoms. The van der Waals surface area contributed by atoms with E-state index in [0.29, 0.717) is 0 Å². The first-order chi connectivity index (χ1) is 8.69. The van der Waals surface area contributed by atoms with Crippen molar-refractivity contribution in [2.24, 2.45) is 0 Å². The second kappa shape index (κ2) is 4.41. The van der Waals surface area contributed by atoms with E-state index in [1.165, 1.54) is 11.1 Å². The molecule has 0 aliphatic heterocycles. The summed E-state index contributed by atoms with van der Waals surface area (Å²) in [5.41, 5.74) is 3.92. The lowest BCUT2D eigenvalue weighted by Gasteiger charge is -2.19. The number of carbonyl (C=O) groups excluding carboxylic acids is 1. The van der Waals surface area contributed by atoms with E-state index in [0.717, 1.165) is 16.5 Å². The van der Waals surface area contributed by atoms with Gasteiger partial charge in [-0.25, -0.2) is 4.79 Å². The van der Waals surface area contributed by atoms with Crippen molar-refractivity contribution in [2.75, 3.05) is 0 Å². The third kappa shape index (κ3) is 2.65. The van der Waals surface area contributed by atoms with Crippen LogP contribution < -0.4 is 0 Å². The van der Waals surface area contributed by atoms with Crippen molar-refractivity contribution >= 4 is 17.0 Å². The molecule has 0 fully saturated rings. The predicted molar refractivity (Wildman–Crippen MR) is 77.8 cm³/mol. The summed E-state index contributed by atoms with van der Waals surface area (Å²) in [5, 5.41) is 1.11. The molecule has 0 spiro atoms. The molecule has 1 heterocycles. The maximum absolute atomic E-state index is 12.2. The molecule has 0 atom stereocenters. The summed E-state index contributed by atoms with van der Waals surface area (Å²) in [5.74, 6) is 0. The predicted octanol–water partition coefficient (Wildman–Crippen LogP) is 4.35. The van der Waals surface area contributed by atoms with Crippen LogP contribution in [0.1, 0.15) is 37.5 Å². The number of fused-ring (bicyclic) bond motifs is 1. The first-order valence-electron chi connectivity index (χ1n) is 6.51. The minimum absolute atomic E-state index is 0.325. The molecule has 102 valence electrons. The molecule has 0 saturated carbocycles. The molecule has 0 saturated heterocycles. The van der Waals surface area contributed by atoms with Crippen LogP contribution in [-0.4, -0.2) is 16.3 Å². The van der Waals surface area contributed by atoms with E-state index in [2.05, 4.69) is 19.9 Å². The highest BCUT2D eigenvalue weighted by molar-refractivity contribution is 5.92. The summed E-state index contributed by atoms with van der Waals surface area (Å²) in [6, 6.07) is 4.17. The molecular formula is C16H21NO2. The lowest BCUT2D eigenvalue weighted by atomic mass is 10.1. The van der Waals surface area contributed by atoms with Gasteiger partial charge in [0.2, 0.25) is 0 Å². The van der Waals surface area contributed by atoms with Crippen molar-refractivity contribution in [3.8, 4) is 0 Å². The molecule has 0 unspecified atom stereocenters. The normalized spacial score (nSPS) is 11.9. The fourth-order valence-corrected chi connectivity index (χ4v) is 2.11. The van der Waals surface area contributed by atoms with Crippen LogP contribution in [-0.2, 0) is 4.74 Å². The molecule has 0 N–H and O–H groups in total. The van der Waals surface area contributed by atoms with Crippen molar-refractivity contribution in [3.63, 3.8) is 0 Å². The Morgan fingerprint density at radius 2 is 1.63 bits per heavy atom. The number of carbonyl (C=O) groups is 1. The lowest BCUT2D eigenvalue weighted by molar-refractivity contribution is 0.0544. The van der Waals surface area contributed by atoms with Gasteiger partial charge in [-0.05, 0) is 70.4 Å². The molecule has 0 aliphatic rings. The largest absolute Gasteiger partial charge is 0.443 e. The van der Waals surface area contributed by atoms with Crippen molar-refractivity contribution in [1.29, 1.82) is 0 Å². The van der Waals surface area contributed by atoms with Crippen molar-refractivity contribution in [3.05, 3.63) is 35.0 Å². The molecule has 0 radical (unpaired) electrons. The van der Waals surface area contributed by atoms with Crippen LogP contribution in [0.25, 0.3) is 10.9 Å². The molecule has 0 bridgehead atoms. The standard InChI is InChI=1S/C16H21NO2/c1-10-7-13-12(3)9-17(14(13)8-11(10)2)15(18)19-16(4,5)6/h7-9H,1-6H3. The van der Waals surface area contributed by atoms with Crippen LogP contribution in [0.4, 0.5) is 4.79 Å². The first-order valence-corrected chi connectivity index (χ1v) is 6.51. The highest BCUT2D eigenvalue weighted by Gasteiger charge is 2.20. The molecule has 0 amide bonds. The van der Waals surface area contributed by atoms with Crippen LogP contribution >= 0.6 is 0 Å². The fourth-order valence-electron chi connectivity index (χ4n) is 2.11. The molecule has 19 heavy (non-hydrogen) atoms. The number of aromatic nitrogens is 1. The third-order valence-corrected chi connectivity index (χ3v) is 3.21. The number of ether oxygens (including phenoxy) is 1. The molecule has 1 aromatic heterocycles. The van der Waals surface area contributed by atoms with Crippen LogP contribution in [0.2, 0.25) is 0 Å². The van der Waals surface area contributed by atoms with Gasteiger partial charge in [0.1, 0.15) is 5.60 Å². The summed E-state index contributed by atoms with van der Waals surface area (Å²) in [7, 11) is 0. The number of hydrogen-bond donors (Lipinski definition) is 0. The number of hydrogen-bond acceptors (Lipinski definition) is 2. The first kappa shape index (κ1) is 13.7. The smallest absolute Gasteiger partial charge is 0.419 e. The van der Waals surface area contributed by atoms with Gasteiger partial charge in [-0.15, -0.1) is 0 Å². The van der Waals surface area contributed by atoms with E-state index in [9.17, 15) is 4.79 Å². The van der Waals surface area contributed by atoms with Crippen molar-refractivity contribution < 1.29 is 9.53 Å². The second-order valence-corrected chi connectivity index (χ2v) is 6.12. The Hall–Kier alpha value is -1.77. The van der Waals surface area contributed by atoms with E-state index in [1.807, 2.05) is 40.0 Å². The average molecular weight is 259 g/mol. The lowest BCUT2D eigenvalue weighted by Crippen LogP contribution is -2.26. The minimum Gasteiger partial charge on any atom is -0.443 e. The van der Waals surface area contributed by atoms with Crippen molar-refractivity contribution in [2.45, 2.75) is 47.1 Å². The average Bonchev–Trinajstić information content (AvgIpc) is 2.55. The molecule has 2 aromatic rings. The maximum atomic E-state index is 12.2. The summed E-state index contributed by atoms with van der Waals surface area (Å²) in [6.45, 7) is 11.8.